The molecule has 3 aromatic rings. The fraction of sp³-hybridized carbons (Fsp3) is 0.379. The average molecular weight is 497 g/mol. The van der Waals surface area contributed by atoms with Crippen molar-refractivity contribution in [2.75, 3.05) is 6.61 Å². The summed E-state index contributed by atoms with van der Waals surface area (Å²) in [5.74, 6) is 0.861. The maximum atomic E-state index is 9.29. The highest BCUT2D eigenvalue weighted by Crippen LogP contribution is 2.36. The zero-order chi connectivity index (χ0) is 24.6. The van der Waals surface area contributed by atoms with Crippen molar-refractivity contribution in [1.29, 1.82) is 0 Å². The van der Waals surface area contributed by atoms with E-state index in [0.29, 0.717) is 32.5 Å². The molecule has 0 aromatic heterocycles. The zero-order valence-corrected chi connectivity index (χ0v) is 21.0. The van der Waals surface area contributed by atoms with Gasteiger partial charge in [-0.3, -0.25) is 5.26 Å². The summed E-state index contributed by atoms with van der Waals surface area (Å²) in [6, 6.07) is 24.3. The average Bonchev–Trinajstić information content (AvgIpc) is 2.90. The van der Waals surface area contributed by atoms with E-state index < -0.39 is 6.10 Å². The standard InChI is InChI=1S/C29H33ClO5/c1-3-32-25-12-9-21(10-13-25)15-24-16-23(11-14-27(24)30)29-18-26(17-28(34-29)20(2)35-31)33-19-22-7-5-4-6-8-22/h4-14,16,20,26,28-29,31H,3,15,17-19H2,1-2H3. The summed E-state index contributed by atoms with van der Waals surface area (Å²) in [7, 11) is 0. The van der Waals surface area contributed by atoms with Gasteiger partial charge in [0.05, 0.1) is 31.5 Å². The van der Waals surface area contributed by atoms with E-state index in [1.807, 2.05) is 49.4 Å². The molecule has 35 heavy (non-hydrogen) atoms. The molecule has 5 nitrogen and oxygen atoms in total. The maximum absolute atomic E-state index is 9.29. The third-order valence-corrected chi connectivity index (χ3v) is 6.77. The molecule has 0 amide bonds. The lowest BCUT2D eigenvalue weighted by Crippen LogP contribution is -2.39. The Bertz CT molecular complexity index is 1060. The number of rotatable bonds is 10. The second kappa shape index (κ2) is 12.5. The van der Waals surface area contributed by atoms with Gasteiger partial charge < -0.3 is 14.2 Å². The van der Waals surface area contributed by atoms with Gasteiger partial charge in [0, 0.05) is 17.9 Å². The lowest BCUT2D eigenvalue weighted by molar-refractivity contribution is -0.306. The number of hydrogen-bond acceptors (Lipinski definition) is 5. The summed E-state index contributed by atoms with van der Waals surface area (Å²) in [5, 5.41) is 10.0. The van der Waals surface area contributed by atoms with Crippen LogP contribution in [0.4, 0.5) is 0 Å². The van der Waals surface area contributed by atoms with E-state index in [0.717, 1.165) is 33.0 Å². The second-order valence-corrected chi connectivity index (χ2v) is 9.38. The largest absolute Gasteiger partial charge is 0.494 e. The molecule has 4 rings (SSSR count). The van der Waals surface area contributed by atoms with Crippen LogP contribution in [0.25, 0.3) is 0 Å². The van der Waals surface area contributed by atoms with Crippen molar-refractivity contribution in [2.45, 2.75) is 64.1 Å². The third kappa shape index (κ3) is 7.06. The second-order valence-electron chi connectivity index (χ2n) is 8.97. The SMILES string of the molecule is CCOc1ccc(Cc2cc(C3CC(OCc4ccccc4)CC(C(C)OO)O3)ccc2Cl)cc1. The predicted molar refractivity (Wildman–Crippen MR) is 137 cm³/mol. The van der Waals surface area contributed by atoms with Crippen LogP contribution in [-0.2, 0) is 27.4 Å². The van der Waals surface area contributed by atoms with E-state index in [1.165, 1.54) is 0 Å². The molecule has 0 saturated carbocycles. The molecule has 0 aliphatic carbocycles. The van der Waals surface area contributed by atoms with E-state index in [2.05, 4.69) is 35.2 Å². The molecule has 0 spiro atoms. The number of benzene rings is 3. The van der Waals surface area contributed by atoms with E-state index in [4.69, 9.17) is 25.8 Å². The molecular formula is C29H33ClO5. The lowest BCUT2D eigenvalue weighted by atomic mass is 9.92. The first-order valence-electron chi connectivity index (χ1n) is 12.2. The normalized spacial score (nSPS) is 21.0. The minimum Gasteiger partial charge on any atom is -0.494 e. The van der Waals surface area contributed by atoms with Crippen molar-refractivity contribution in [3.05, 3.63) is 100 Å². The van der Waals surface area contributed by atoms with Gasteiger partial charge in [0.2, 0.25) is 0 Å². The van der Waals surface area contributed by atoms with Crippen LogP contribution in [-0.4, -0.2) is 30.2 Å². The zero-order valence-electron chi connectivity index (χ0n) is 20.2. The highest BCUT2D eigenvalue weighted by molar-refractivity contribution is 6.31. The van der Waals surface area contributed by atoms with Crippen LogP contribution in [0, 0.1) is 0 Å². The first kappa shape index (κ1) is 25.7. The van der Waals surface area contributed by atoms with Gasteiger partial charge in [-0.05, 0) is 60.7 Å². The van der Waals surface area contributed by atoms with Crippen LogP contribution < -0.4 is 4.74 Å². The van der Waals surface area contributed by atoms with Gasteiger partial charge in [-0.2, -0.15) is 0 Å². The highest BCUT2D eigenvalue weighted by Gasteiger charge is 2.35. The summed E-state index contributed by atoms with van der Waals surface area (Å²) < 4.78 is 18.2. The molecule has 0 radical (unpaired) electrons. The van der Waals surface area contributed by atoms with Crippen LogP contribution >= 0.6 is 11.6 Å². The predicted octanol–water partition coefficient (Wildman–Crippen LogP) is 7.01. The summed E-state index contributed by atoms with van der Waals surface area (Å²) in [5.41, 5.74) is 4.36. The minimum atomic E-state index is -0.462. The summed E-state index contributed by atoms with van der Waals surface area (Å²) in [6.45, 7) is 4.96. The molecule has 1 saturated heterocycles. The van der Waals surface area contributed by atoms with Crippen LogP contribution in [0.5, 0.6) is 5.75 Å². The molecule has 1 N–H and O–H groups in total. The van der Waals surface area contributed by atoms with Crippen molar-refractivity contribution in [3.63, 3.8) is 0 Å². The maximum Gasteiger partial charge on any atom is 0.119 e. The number of ether oxygens (including phenoxy) is 3. The van der Waals surface area contributed by atoms with Gasteiger partial charge in [0.25, 0.3) is 0 Å². The summed E-state index contributed by atoms with van der Waals surface area (Å²) >= 11 is 6.57. The number of hydrogen-bond donors (Lipinski definition) is 1. The Morgan fingerprint density at radius 2 is 1.77 bits per heavy atom. The fourth-order valence-electron chi connectivity index (χ4n) is 4.45. The third-order valence-electron chi connectivity index (χ3n) is 6.40. The molecule has 1 aliphatic heterocycles. The Kier molecular flexibility index (Phi) is 9.18. The summed E-state index contributed by atoms with van der Waals surface area (Å²) in [6.07, 6.45) is 1.11. The minimum absolute atomic E-state index is 0.0261. The van der Waals surface area contributed by atoms with Gasteiger partial charge in [0.15, 0.2) is 0 Å². The Morgan fingerprint density at radius 3 is 2.49 bits per heavy atom. The van der Waals surface area contributed by atoms with E-state index in [1.54, 1.807) is 6.92 Å². The highest BCUT2D eigenvalue weighted by atomic mass is 35.5. The molecule has 186 valence electrons. The first-order chi connectivity index (χ1) is 17.1. The van der Waals surface area contributed by atoms with Crippen molar-refractivity contribution in [3.8, 4) is 5.75 Å². The molecule has 4 atom stereocenters. The molecule has 0 bridgehead atoms. The Hall–Kier alpha value is -2.41. The topological polar surface area (TPSA) is 57.2 Å². The van der Waals surface area contributed by atoms with E-state index in [9.17, 15) is 5.26 Å². The van der Waals surface area contributed by atoms with Crippen molar-refractivity contribution in [1.82, 2.24) is 0 Å². The van der Waals surface area contributed by atoms with Crippen LogP contribution in [0.2, 0.25) is 5.02 Å². The molecule has 1 heterocycles. The van der Waals surface area contributed by atoms with E-state index in [-0.39, 0.29) is 18.3 Å². The van der Waals surface area contributed by atoms with Crippen molar-refractivity contribution >= 4 is 11.6 Å². The molecule has 4 unspecified atom stereocenters. The molecule has 1 fully saturated rings. The Balaban J connectivity index is 1.49. The molecule has 1 aliphatic rings. The van der Waals surface area contributed by atoms with Crippen LogP contribution in [0.3, 0.4) is 0 Å². The molecular weight excluding hydrogens is 464 g/mol. The van der Waals surface area contributed by atoms with Gasteiger partial charge in [-0.25, -0.2) is 4.89 Å². The smallest absolute Gasteiger partial charge is 0.119 e. The van der Waals surface area contributed by atoms with Gasteiger partial charge in [0.1, 0.15) is 11.9 Å². The quantitative estimate of drug-likeness (QED) is 0.241. The van der Waals surface area contributed by atoms with E-state index >= 15 is 0 Å². The van der Waals surface area contributed by atoms with Crippen LogP contribution in [0.15, 0.2) is 72.8 Å². The molecule has 3 aromatic carbocycles. The first-order valence-corrected chi connectivity index (χ1v) is 12.5. The van der Waals surface area contributed by atoms with Crippen molar-refractivity contribution in [2.24, 2.45) is 0 Å². The Labute approximate surface area is 212 Å². The van der Waals surface area contributed by atoms with Crippen LogP contribution in [0.1, 0.15) is 55.0 Å². The van der Waals surface area contributed by atoms with Crippen molar-refractivity contribution < 1.29 is 24.4 Å². The monoisotopic (exact) mass is 496 g/mol. The van der Waals surface area contributed by atoms with Gasteiger partial charge in [-0.1, -0.05) is 66.2 Å². The number of halogens is 1. The fourth-order valence-corrected chi connectivity index (χ4v) is 4.63. The van der Waals surface area contributed by atoms with Gasteiger partial charge >= 0.3 is 0 Å². The Morgan fingerprint density at radius 1 is 1.00 bits per heavy atom. The van der Waals surface area contributed by atoms with Gasteiger partial charge in [-0.15, -0.1) is 0 Å². The summed E-state index contributed by atoms with van der Waals surface area (Å²) in [4.78, 5) is 4.62. The molecule has 6 heteroatoms. The lowest BCUT2D eigenvalue weighted by Gasteiger charge is -2.37.